The number of carbonyl (C=O) groups excluding carboxylic acids is 1. The van der Waals surface area contributed by atoms with Gasteiger partial charge < -0.3 is 15.4 Å². The van der Waals surface area contributed by atoms with Gasteiger partial charge in [0, 0.05) is 4.88 Å². The van der Waals surface area contributed by atoms with Crippen molar-refractivity contribution >= 4 is 22.2 Å². The first-order chi connectivity index (χ1) is 11.2. The zero-order valence-corrected chi connectivity index (χ0v) is 14.1. The number of amides is 1. The lowest BCUT2D eigenvalue weighted by Crippen LogP contribution is -2.38. The number of ether oxygens (including phenoxy) is 1. The van der Waals surface area contributed by atoms with Crippen LogP contribution in [0.2, 0.25) is 0 Å². The second-order valence-corrected chi connectivity index (χ2v) is 7.49. The van der Waals surface area contributed by atoms with Gasteiger partial charge in [-0.25, -0.2) is 0 Å². The molecule has 0 spiro atoms. The van der Waals surface area contributed by atoms with Crippen molar-refractivity contribution in [2.24, 2.45) is 5.92 Å². The third-order valence-corrected chi connectivity index (χ3v) is 5.92. The number of hydrogen-bond donors (Lipinski definition) is 2. The number of fused-ring (bicyclic) bond motifs is 3. The molecule has 0 unspecified atom stereocenters. The summed E-state index contributed by atoms with van der Waals surface area (Å²) in [4.78, 5) is 14.0. The summed E-state index contributed by atoms with van der Waals surface area (Å²) in [5, 5.41) is 7.61. The molecule has 5 heteroatoms. The van der Waals surface area contributed by atoms with Crippen LogP contribution in [0.4, 0.5) is 5.00 Å². The van der Waals surface area contributed by atoms with Gasteiger partial charge in [-0.2, -0.15) is 0 Å². The van der Waals surface area contributed by atoms with Crippen molar-refractivity contribution in [3.63, 3.8) is 0 Å². The molecule has 1 aliphatic carbocycles. The Kier molecular flexibility index (Phi) is 3.53. The number of carbonyl (C=O) groups is 1. The molecule has 2 aliphatic rings. The molecule has 1 aromatic heterocycles. The van der Waals surface area contributed by atoms with Gasteiger partial charge in [0.2, 0.25) is 0 Å². The quantitative estimate of drug-likeness (QED) is 0.883. The van der Waals surface area contributed by atoms with E-state index in [1.165, 1.54) is 16.9 Å². The first-order valence-electron chi connectivity index (χ1n) is 8.01. The van der Waals surface area contributed by atoms with Crippen molar-refractivity contribution in [2.45, 2.75) is 32.4 Å². The molecule has 0 bridgehead atoms. The topological polar surface area (TPSA) is 50.4 Å². The average Bonchev–Trinajstić information content (AvgIpc) is 2.92. The highest BCUT2D eigenvalue weighted by atomic mass is 32.1. The highest BCUT2D eigenvalue weighted by Crippen LogP contribution is 2.42. The van der Waals surface area contributed by atoms with Crippen LogP contribution in [0.1, 0.15) is 45.9 Å². The van der Waals surface area contributed by atoms with Gasteiger partial charge in [0.1, 0.15) is 16.9 Å². The van der Waals surface area contributed by atoms with Crippen LogP contribution >= 0.6 is 11.3 Å². The molecule has 1 amide bonds. The van der Waals surface area contributed by atoms with Gasteiger partial charge in [0.05, 0.1) is 12.7 Å². The molecule has 2 N–H and O–H groups in total. The van der Waals surface area contributed by atoms with Gasteiger partial charge >= 0.3 is 0 Å². The minimum atomic E-state index is -0.182. The number of methoxy groups -OCH3 is 1. The van der Waals surface area contributed by atoms with Gasteiger partial charge in [-0.05, 0) is 48.4 Å². The van der Waals surface area contributed by atoms with Crippen LogP contribution in [0, 0.1) is 5.92 Å². The maximum atomic E-state index is 12.6. The highest BCUT2D eigenvalue weighted by Gasteiger charge is 2.32. The molecule has 4 nitrogen and oxygen atoms in total. The molecule has 2 aromatic rings. The summed E-state index contributed by atoms with van der Waals surface area (Å²) in [5.41, 5.74) is 3.17. The SMILES string of the molecule is COc1ccc([C@@H]2NC(=O)c3c(sc4c3CC[C@H](C)C4)N2)cc1. The second kappa shape index (κ2) is 5.57. The van der Waals surface area contributed by atoms with E-state index in [4.69, 9.17) is 4.74 Å². The van der Waals surface area contributed by atoms with Crippen LogP contribution in [0.5, 0.6) is 5.75 Å². The molecule has 2 atom stereocenters. The predicted octanol–water partition coefficient (Wildman–Crippen LogP) is 3.74. The molecule has 1 aromatic carbocycles. The maximum Gasteiger partial charge on any atom is 0.256 e. The van der Waals surface area contributed by atoms with Crippen molar-refractivity contribution in [2.75, 3.05) is 12.4 Å². The van der Waals surface area contributed by atoms with Crippen LogP contribution in [0.25, 0.3) is 0 Å². The maximum absolute atomic E-state index is 12.6. The molecule has 0 saturated heterocycles. The van der Waals surface area contributed by atoms with Crippen molar-refractivity contribution < 1.29 is 9.53 Å². The first kappa shape index (κ1) is 14.6. The Bertz CT molecular complexity index is 751. The minimum Gasteiger partial charge on any atom is -0.497 e. The number of nitrogens with one attached hydrogen (secondary N) is 2. The number of thiophene rings is 1. The summed E-state index contributed by atoms with van der Waals surface area (Å²) >= 11 is 1.75. The van der Waals surface area contributed by atoms with Crippen molar-refractivity contribution in [1.82, 2.24) is 5.32 Å². The van der Waals surface area contributed by atoms with E-state index in [1.807, 2.05) is 24.3 Å². The smallest absolute Gasteiger partial charge is 0.256 e. The van der Waals surface area contributed by atoms with Crippen LogP contribution in [0.3, 0.4) is 0 Å². The zero-order valence-electron chi connectivity index (χ0n) is 13.3. The summed E-state index contributed by atoms with van der Waals surface area (Å²) in [6, 6.07) is 7.80. The van der Waals surface area contributed by atoms with Gasteiger partial charge in [-0.3, -0.25) is 4.79 Å². The lowest BCUT2D eigenvalue weighted by Gasteiger charge is -2.27. The molecule has 120 valence electrons. The van der Waals surface area contributed by atoms with Crippen LogP contribution in [0.15, 0.2) is 24.3 Å². The molecule has 0 fully saturated rings. The summed E-state index contributed by atoms with van der Waals surface area (Å²) < 4.78 is 5.19. The Morgan fingerprint density at radius 1 is 1.22 bits per heavy atom. The van der Waals surface area contributed by atoms with E-state index < -0.39 is 0 Å². The molecule has 0 saturated carbocycles. The van der Waals surface area contributed by atoms with Crippen molar-refractivity contribution in [3.05, 3.63) is 45.8 Å². The minimum absolute atomic E-state index is 0.0478. The predicted molar refractivity (Wildman–Crippen MR) is 92.3 cm³/mol. The van der Waals surface area contributed by atoms with Gasteiger partial charge in [-0.15, -0.1) is 11.3 Å². The standard InChI is InChI=1S/C18H20N2O2S/c1-10-3-8-13-14(9-10)23-18-15(13)17(21)19-16(20-18)11-4-6-12(22-2)7-5-11/h4-7,10,16,20H,3,8-9H2,1-2H3,(H,19,21)/t10-,16+/m0/s1. The summed E-state index contributed by atoms with van der Waals surface area (Å²) in [7, 11) is 1.65. The van der Waals surface area contributed by atoms with E-state index in [1.54, 1.807) is 18.4 Å². The molecule has 2 heterocycles. The number of anilines is 1. The van der Waals surface area contributed by atoms with Gasteiger partial charge in [0.25, 0.3) is 5.91 Å². The van der Waals surface area contributed by atoms with Gasteiger partial charge in [0.15, 0.2) is 0 Å². The Balaban J connectivity index is 1.65. The molecular weight excluding hydrogens is 308 g/mol. The van der Waals surface area contributed by atoms with E-state index in [-0.39, 0.29) is 12.1 Å². The van der Waals surface area contributed by atoms with Crippen LogP contribution < -0.4 is 15.4 Å². The average molecular weight is 328 g/mol. The lowest BCUT2D eigenvalue weighted by molar-refractivity contribution is 0.0935. The number of hydrogen-bond acceptors (Lipinski definition) is 4. The Morgan fingerprint density at radius 2 is 2.00 bits per heavy atom. The lowest BCUT2D eigenvalue weighted by atomic mass is 9.88. The van der Waals surface area contributed by atoms with Crippen LogP contribution in [-0.4, -0.2) is 13.0 Å². The fraction of sp³-hybridized carbons (Fsp3) is 0.389. The van der Waals surface area contributed by atoms with Gasteiger partial charge in [-0.1, -0.05) is 19.1 Å². The third-order valence-electron chi connectivity index (χ3n) is 4.74. The third kappa shape index (κ3) is 2.49. The largest absolute Gasteiger partial charge is 0.497 e. The molecule has 1 aliphatic heterocycles. The van der Waals surface area contributed by atoms with E-state index in [2.05, 4.69) is 17.6 Å². The van der Waals surface area contributed by atoms with Crippen LogP contribution in [-0.2, 0) is 12.8 Å². The Morgan fingerprint density at radius 3 is 2.74 bits per heavy atom. The van der Waals surface area contributed by atoms with E-state index in [9.17, 15) is 4.79 Å². The normalized spacial score (nSPS) is 22.6. The fourth-order valence-electron chi connectivity index (χ4n) is 3.43. The second-order valence-electron chi connectivity index (χ2n) is 6.38. The molecule has 4 rings (SSSR count). The Labute approximate surface area is 139 Å². The monoisotopic (exact) mass is 328 g/mol. The van der Waals surface area contributed by atoms with Crippen molar-refractivity contribution in [3.8, 4) is 5.75 Å². The Hall–Kier alpha value is -2.01. The molecule has 23 heavy (non-hydrogen) atoms. The van der Waals surface area contributed by atoms with E-state index in [0.29, 0.717) is 5.92 Å². The summed E-state index contributed by atoms with van der Waals surface area (Å²) in [6.45, 7) is 2.29. The summed E-state index contributed by atoms with van der Waals surface area (Å²) in [6.07, 6.45) is 3.10. The number of rotatable bonds is 2. The van der Waals surface area contributed by atoms with E-state index in [0.717, 1.165) is 34.7 Å². The highest BCUT2D eigenvalue weighted by molar-refractivity contribution is 7.16. The van der Waals surface area contributed by atoms with Crippen molar-refractivity contribution in [1.29, 1.82) is 0 Å². The van der Waals surface area contributed by atoms with E-state index >= 15 is 0 Å². The number of benzene rings is 1. The molecular formula is C18H20N2O2S. The fourth-order valence-corrected chi connectivity index (χ4v) is 4.86. The molecule has 0 radical (unpaired) electrons. The zero-order chi connectivity index (χ0) is 16.0. The first-order valence-corrected chi connectivity index (χ1v) is 8.83. The summed E-state index contributed by atoms with van der Waals surface area (Å²) in [5.74, 6) is 1.58.